The van der Waals surface area contributed by atoms with Crippen LogP contribution >= 0.6 is 12.4 Å². The van der Waals surface area contributed by atoms with Crippen LogP contribution in [0.3, 0.4) is 0 Å². The molecule has 0 saturated carbocycles. The van der Waals surface area contributed by atoms with Gasteiger partial charge < -0.3 is 5.32 Å². The zero-order chi connectivity index (χ0) is 15.2. The van der Waals surface area contributed by atoms with E-state index in [0.717, 1.165) is 42.7 Å². The molecular weight excluding hydrogens is 296 g/mol. The molecule has 1 aliphatic rings. The molecule has 22 heavy (non-hydrogen) atoms. The van der Waals surface area contributed by atoms with Gasteiger partial charge in [-0.15, -0.1) is 12.4 Å². The van der Waals surface area contributed by atoms with Crippen molar-refractivity contribution in [3.8, 4) is 0 Å². The van der Waals surface area contributed by atoms with Crippen LogP contribution in [0.2, 0.25) is 0 Å². The summed E-state index contributed by atoms with van der Waals surface area (Å²) in [4.78, 5) is 15.1. The summed E-state index contributed by atoms with van der Waals surface area (Å²) in [6.45, 7) is 8.42. The number of amides is 1. The third kappa shape index (κ3) is 4.72. The zero-order valence-corrected chi connectivity index (χ0v) is 14.8. The van der Waals surface area contributed by atoms with Gasteiger partial charge in [-0.2, -0.15) is 0 Å². The second kappa shape index (κ2) is 9.16. The van der Waals surface area contributed by atoms with E-state index in [2.05, 4.69) is 43.1 Å². The zero-order valence-electron chi connectivity index (χ0n) is 14.0. The molecule has 3 nitrogen and oxygen atoms in total. The first kappa shape index (κ1) is 19.0. The van der Waals surface area contributed by atoms with Crippen LogP contribution in [-0.4, -0.2) is 29.9 Å². The average molecular weight is 325 g/mol. The van der Waals surface area contributed by atoms with Gasteiger partial charge in [0.05, 0.1) is 6.04 Å². The minimum absolute atomic E-state index is 0. The number of carbonyl (C=O) groups is 1. The largest absolute Gasteiger partial charge is 0.324 e. The highest BCUT2D eigenvalue weighted by atomic mass is 35.5. The molecule has 2 rings (SSSR count). The third-order valence-electron chi connectivity index (χ3n) is 4.44. The predicted molar refractivity (Wildman–Crippen MR) is 95.9 cm³/mol. The first-order valence-electron chi connectivity index (χ1n) is 8.24. The van der Waals surface area contributed by atoms with E-state index in [4.69, 9.17) is 0 Å². The molecule has 0 spiro atoms. The van der Waals surface area contributed by atoms with E-state index in [1.54, 1.807) is 0 Å². The molecular formula is C18H29ClN2O. The predicted octanol–water partition coefficient (Wildman–Crippen LogP) is 4.32. The van der Waals surface area contributed by atoms with Crippen molar-refractivity contribution >= 4 is 24.0 Å². The lowest BCUT2D eigenvalue weighted by atomic mass is 10.00. The Morgan fingerprint density at radius 1 is 1.27 bits per heavy atom. The number of likely N-dealkylation sites (tertiary alicyclic amines) is 1. The van der Waals surface area contributed by atoms with Crippen LogP contribution in [0.15, 0.2) is 18.2 Å². The molecule has 0 aliphatic carbocycles. The van der Waals surface area contributed by atoms with E-state index in [1.807, 2.05) is 6.07 Å². The topological polar surface area (TPSA) is 32.3 Å². The fourth-order valence-electron chi connectivity index (χ4n) is 3.13. The quantitative estimate of drug-likeness (QED) is 0.875. The fourth-order valence-corrected chi connectivity index (χ4v) is 3.13. The van der Waals surface area contributed by atoms with Gasteiger partial charge in [0.25, 0.3) is 0 Å². The number of carbonyl (C=O) groups excluding carboxylic acids is 1. The highest BCUT2D eigenvalue weighted by Crippen LogP contribution is 2.23. The van der Waals surface area contributed by atoms with Crippen molar-refractivity contribution in [1.82, 2.24) is 4.90 Å². The maximum Gasteiger partial charge on any atom is 0.241 e. The lowest BCUT2D eigenvalue weighted by Crippen LogP contribution is -2.47. The summed E-state index contributed by atoms with van der Waals surface area (Å²) < 4.78 is 0. The van der Waals surface area contributed by atoms with Crippen LogP contribution in [0.5, 0.6) is 0 Å². The Kier molecular flexibility index (Phi) is 7.91. The molecule has 0 radical (unpaired) electrons. The highest BCUT2D eigenvalue weighted by Gasteiger charge is 2.28. The normalized spacial score (nSPS) is 18.6. The van der Waals surface area contributed by atoms with E-state index >= 15 is 0 Å². The van der Waals surface area contributed by atoms with Gasteiger partial charge >= 0.3 is 0 Å². The number of unbranched alkanes of at least 4 members (excludes halogenated alkanes) is 1. The Hall–Kier alpha value is -1.06. The number of halogens is 1. The number of hydrogen-bond donors (Lipinski definition) is 1. The molecule has 1 atom stereocenters. The SMILES string of the molecule is CCCCN1CCCC[C@@H]1C(=O)Nc1c(C)cccc1C.Cl. The summed E-state index contributed by atoms with van der Waals surface area (Å²) in [7, 11) is 0. The van der Waals surface area contributed by atoms with E-state index in [9.17, 15) is 4.79 Å². The first-order chi connectivity index (χ1) is 10.1. The van der Waals surface area contributed by atoms with Gasteiger partial charge in [0, 0.05) is 5.69 Å². The van der Waals surface area contributed by atoms with E-state index in [1.165, 1.54) is 19.3 Å². The molecule has 0 aromatic heterocycles. The van der Waals surface area contributed by atoms with E-state index in [-0.39, 0.29) is 24.4 Å². The van der Waals surface area contributed by atoms with E-state index in [0.29, 0.717) is 0 Å². The van der Waals surface area contributed by atoms with Gasteiger partial charge in [0.15, 0.2) is 0 Å². The standard InChI is InChI=1S/C18H28N2O.ClH/c1-4-5-12-20-13-7-6-11-16(20)18(21)19-17-14(2)9-8-10-15(17)3;/h8-10,16H,4-7,11-13H2,1-3H3,(H,19,21);1H/t16-;/m1./s1. The number of benzene rings is 1. The summed E-state index contributed by atoms with van der Waals surface area (Å²) in [5, 5.41) is 3.17. The van der Waals surface area contributed by atoms with Gasteiger partial charge in [0.2, 0.25) is 5.91 Å². The molecule has 1 fully saturated rings. The van der Waals surface area contributed by atoms with Crippen LogP contribution < -0.4 is 5.32 Å². The molecule has 124 valence electrons. The van der Waals surface area contributed by atoms with Gasteiger partial charge in [-0.3, -0.25) is 9.69 Å². The van der Waals surface area contributed by atoms with Crippen LogP contribution in [0, 0.1) is 13.8 Å². The van der Waals surface area contributed by atoms with Crippen LogP contribution in [-0.2, 0) is 4.79 Å². The number of hydrogen-bond acceptors (Lipinski definition) is 2. The van der Waals surface area contributed by atoms with E-state index < -0.39 is 0 Å². The molecule has 4 heteroatoms. The molecule has 1 aliphatic heterocycles. The minimum Gasteiger partial charge on any atom is -0.324 e. The Morgan fingerprint density at radius 3 is 2.59 bits per heavy atom. The number of para-hydroxylation sites is 1. The van der Waals surface area contributed by atoms with Crippen LogP contribution in [0.25, 0.3) is 0 Å². The van der Waals surface area contributed by atoms with Crippen molar-refractivity contribution in [3.63, 3.8) is 0 Å². The summed E-state index contributed by atoms with van der Waals surface area (Å²) in [6, 6.07) is 6.19. The molecule has 0 bridgehead atoms. The second-order valence-electron chi connectivity index (χ2n) is 6.16. The smallest absolute Gasteiger partial charge is 0.241 e. The van der Waals surface area contributed by atoms with Crippen LogP contribution in [0.1, 0.15) is 50.2 Å². The van der Waals surface area contributed by atoms with Gasteiger partial charge in [0.1, 0.15) is 0 Å². The second-order valence-corrected chi connectivity index (χ2v) is 6.16. The lowest BCUT2D eigenvalue weighted by molar-refractivity contribution is -0.122. The molecule has 1 amide bonds. The number of piperidine rings is 1. The lowest BCUT2D eigenvalue weighted by Gasteiger charge is -2.34. The van der Waals surface area contributed by atoms with Crippen molar-refractivity contribution in [2.75, 3.05) is 18.4 Å². The van der Waals surface area contributed by atoms with Crippen molar-refractivity contribution in [1.29, 1.82) is 0 Å². The Morgan fingerprint density at radius 2 is 1.95 bits per heavy atom. The number of rotatable bonds is 5. The summed E-state index contributed by atoms with van der Waals surface area (Å²) in [6.07, 6.45) is 5.72. The number of anilines is 1. The fraction of sp³-hybridized carbons (Fsp3) is 0.611. The number of nitrogens with zero attached hydrogens (tertiary/aromatic N) is 1. The van der Waals surface area contributed by atoms with Gasteiger partial charge in [-0.25, -0.2) is 0 Å². The van der Waals surface area contributed by atoms with Gasteiger partial charge in [-0.1, -0.05) is 38.0 Å². The summed E-state index contributed by atoms with van der Waals surface area (Å²) >= 11 is 0. The Balaban J connectivity index is 0.00000242. The van der Waals surface area contributed by atoms with Crippen molar-refractivity contribution in [2.24, 2.45) is 0 Å². The molecule has 0 unspecified atom stereocenters. The van der Waals surface area contributed by atoms with Crippen molar-refractivity contribution in [2.45, 2.75) is 58.9 Å². The minimum atomic E-state index is 0. The number of nitrogens with one attached hydrogen (secondary N) is 1. The molecule has 1 saturated heterocycles. The first-order valence-corrected chi connectivity index (χ1v) is 8.24. The van der Waals surface area contributed by atoms with Gasteiger partial charge in [-0.05, 0) is 57.3 Å². The maximum atomic E-state index is 12.7. The maximum absolute atomic E-state index is 12.7. The Labute approximate surface area is 140 Å². The molecule has 1 aromatic rings. The van der Waals surface area contributed by atoms with Crippen molar-refractivity contribution < 1.29 is 4.79 Å². The highest BCUT2D eigenvalue weighted by molar-refractivity contribution is 5.96. The third-order valence-corrected chi connectivity index (χ3v) is 4.44. The van der Waals surface area contributed by atoms with Crippen molar-refractivity contribution in [3.05, 3.63) is 29.3 Å². The van der Waals surface area contributed by atoms with Crippen LogP contribution in [0.4, 0.5) is 5.69 Å². The monoisotopic (exact) mass is 324 g/mol. The summed E-state index contributed by atoms with van der Waals surface area (Å²) in [5.41, 5.74) is 3.27. The molecule has 1 aromatic carbocycles. The average Bonchev–Trinajstić information content (AvgIpc) is 2.49. The summed E-state index contributed by atoms with van der Waals surface area (Å²) in [5.74, 6) is 0.170. The Bertz CT molecular complexity index is 470. The molecule has 1 N–H and O–H groups in total. The number of aryl methyl sites for hydroxylation is 2. The molecule has 1 heterocycles.